The van der Waals surface area contributed by atoms with Crippen LogP contribution in [0.25, 0.3) is 16.7 Å². The van der Waals surface area contributed by atoms with Crippen molar-refractivity contribution in [2.45, 2.75) is 19.4 Å². The van der Waals surface area contributed by atoms with Gasteiger partial charge >= 0.3 is 0 Å². The van der Waals surface area contributed by atoms with Gasteiger partial charge in [-0.05, 0) is 32.1 Å². The van der Waals surface area contributed by atoms with Crippen LogP contribution in [0.3, 0.4) is 0 Å². The van der Waals surface area contributed by atoms with E-state index in [1.165, 1.54) is 0 Å². The normalized spacial score (nSPS) is 17.7. The van der Waals surface area contributed by atoms with Crippen molar-refractivity contribution in [3.8, 4) is 5.69 Å². The molecule has 0 aliphatic carbocycles. The van der Waals surface area contributed by atoms with Crippen molar-refractivity contribution in [1.29, 1.82) is 0 Å². The van der Waals surface area contributed by atoms with Crippen molar-refractivity contribution in [3.05, 3.63) is 46.9 Å². The van der Waals surface area contributed by atoms with Crippen LogP contribution in [0.2, 0.25) is 0 Å². The van der Waals surface area contributed by atoms with Crippen molar-refractivity contribution >= 4 is 17.0 Å². The van der Waals surface area contributed by atoms with Gasteiger partial charge in [-0.15, -0.1) is 0 Å². The molecule has 3 heterocycles. The van der Waals surface area contributed by atoms with Gasteiger partial charge in [0.15, 0.2) is 5.65 Å². The fraction of sp³-hybridized carbons (Fsp3) is 0.389. The van der Waals surface area contributed by atoms with Crippen molar-refractivity contribution in [2.75, 3.05) is 31.6 Å². The molecule has 0 bridgehead atoms. The highest BCUT2D eigenvalue weighted by Gasteiger charge is 2.27. The number of benzene rings is 1. The summed E-state index contributed by atoms with van der Waals surface area (Å²) in [6.45, 7) is 4.94. The molecule has 0 radical (unpaired) electrons. The Kier molecular flexibility index (Phi) is 4.01. The SMILES string of the molecule is CCN(C)C1CCN(c2nc3c(cnn3-c3ccccc3)c(=O)[nH]2)C1. The Balaban J connectivity index is 1.73. The number of aromatic amines is 1. The lowest BCUT2D eigenvalue weighted by Crippen LogP contribution is -2.35. The number of likely N-dealkylation sites (N-methyl/N-ethyl adjacent to an activating group) is 1. The van der Waals surface area contributed by atoms with Crippen LogP contribution in [0.5, 0.6) is 0 Å². The number of H-pyrrole nitrogens is 1. The van der Waals surface area contributed by atoms with Gasteiger partial charge in [0, 0.05) is 19.1 Å². The monoisotopic (exact) mass is 338 g/mol. The summed E-state index contributed by atoms with van der Waals surface area (Å²) in [7, 11) is 2.14. The first-order valence-electron chi connectivity index (χ1n) is 8.66. The number of hydrogen-bond acceptors (Lipinski definition) is 5. The van der Waals surface area contributed by atoms with Gasteiger partial charge in [-0.25, -0.2) is 4.68 Å². The summed E-state index contributed by atoms with van der Waals surface area (Å²) in [5, 5.41) is 4.87. The van der Waals surface area contributed by atoms with Gasteiger partial charge < -0.3 is 9.80 Å². The minimum absolute atomic E-state index is 0.144. The van der Waals surface area contributed by atoms with Gasteiger partial charge in [-0.1, -0.05) is 25.1 Å². The molecule has 1 fully saturated rings. The predicted octanol–water partition coefficient (Wildman–Crippen LogP) is 1.64. The first-order chi connectivity index (χ1) is 12.2. The summed E-state index contributed by atoms with van der Waals surface area (Å²) in [5.41, 5.74) is 1.35. The molecule has 1 aliphatic heterocycles. The number of rotatable bonds is 4. The van der Waals surface area contributed by atoms with E-state index in [1.807, 2.05) is 30.3 Å². The standard InChI is InChI=1S/C18H22N6O/c1-3-22(2)14-9-10-23(12-14)18-20-16-15(17(25)21-18)11-19-24(16)13-7-5-4-6-8-13/h4-8,11,14H,3,9-10,12H2,1-2H3,(H,20,21,25). The lowest BCUT2D eigenvalue weighted by molar-refractivity contribution is 0.272. The third-order valence-electron chi connectivity index (χ3n) is 5.01. The van der Waals surface area contributed by atoms with Crippen LogP contribution in [0.1, 0.15) is 13.3 Å². The van der Waals surface area contributed by atoms with Gasteiger partial charge in [0.1, 0.15) is 5.39 Å². The average Bonchev–Trinajstić information content (AvgIpc) is 3.29. The number of fused-ring (bicyclic) bond motifs is 1. The van der Waals surface area contributed by atoms with Gasteiger partial charge in [0.25, 0.3) is 5.56 Å². The third kappa shape index (κ3) is 2.80. The molecule has 1 N–H and O–H groups in total. The molecule has 0 spiro atoms. The Hall–Kier alpha value is -2.67. The van der Waals surface area contributed by atoms with Crippen molar-refractivity contribution < 1.29 is 0 Å². The maximum absolute atomic E-state index is 12.5. The maximum atomic E-state index is 12.5. The summed E-state index contributed by atoms with van der Waals surface area (Å²) < 4.78 is 1.72. The lowest BCUT2D eigenvalue weighted by Gasteiger charge is -2.23. The zero-order chi connectivity index (χ0) is 17.4. The number of aromatic nitrogens is 4. The molecule has 130 valence electrons. The Morgan fingerprint density at radius 2 is 2.12 bits per heavy atom. The molecule has 0 saturated carbocycles. The lowest BCUT2D eigenvalue weighted by atomic mass is 10.2. The minimum atomic E-state index is -0.144. The molecule has 7 nitrogen and oxygen atoms in total. The first-order valence-corrected chi connectivity index (χ1v) is 8.66. The molecule has 0 amide bonds. The second-order valence-electron chi connectivity index (χ2n) is 6.48. The van der Waals surface area contributed by atoms with Crippen LogP contribution in [-0.4, -0.2) is 57.4 Å². The molecule has 1 atom stereocenters. The molecular weight excluding hydrogens is 316 g/mol. The topological polar surface area (TPSA) is 70.1 Å². The average molecular weight is 338 g/mol. The molecule has 25 heavy (non-hydrogen) atoms. The molecule has 2 aromatic heterocycles. The van der Waals surface area contributed by atoms with Crippen molar-refractivity contribution in [3.63, 3.8) is 0 Å². The van der Waals surface area contributed by atoms with E-state index in [4.69, 9.17) is 4.98 Å². The van der Waals surface area contributed by atoms with Crippen LogP contribution >= 0.6 is 0 Å². The highest BCUT2D eigenvalue weighted by atomic mass is 16.1. The number of nitrogens with zero attached hydrogens (tertiary/aromatic N) is 5. The zero-order valence-corrected chi connectivity index (χ0v) is 14.5. The smallest absolute Gasteiger partial charge is 0.263 e. The Morgan fingerprint density at radius 3 is 2.88 bits per heavy atom. The molecule has 7 heteroatoms. The number of anilines is 1. The van der Waals surface area contributed by atoms with Crippen LogP contribution < -0.4 is 10.5 Å². The summed E-state index contributed by atoms with van der Waals surface area (Å²) in [6, 6.07) is 10.2. The van der Waals surface area contributed by atoms with Crippen LogP contribution in [-0.2, 0) is 0 Å². The van der Waals surface area contributed by atoms with Crippen LogP contribution in [0.4, 0.5) is 5.95 Å². The predicted molar refractivity (Wildman–Crippen MR) is 98.4 cm³/mol. The Morgan fingerprint density at radius 1 is 1.32 bits per heavy atom. The van der Waals surface area contributed by atoms with E-state index < -0.39 is 0 Å². The van der Waals surface area contributed by atoms with E-state index in [9.17, 15) is 4.79 Å². The van der Waals surface area contributed by atoms with Gasteiger partial charge in [-0.2, -0.15) is 10.1 Å². The molecule has 1 unspecified atom stereocenters. The third-order valence-corrected chi connectivity index (χ3v) is 5.01. The first kappa shape index (κ1) is 15.8. The van der Waals surface area contributed by atoms with E-state index in [1.54, 1.807) is 10.9 Å². The molecule has 1 saturated heterocycles. The second-order valence-corrected chi connectivity index (χ2v) is 6.48. The quantitative estimate of drug-likeness (QED) is 0.783. The molecule has 3 aromatic rings. The van der Waals surface area contributed by atoms with Gasteiger partial charge in [0.05, 0.1) is 11.9 Å². The van der Waals surface area contributed by atoms with E-state index in [0.29, 0.717) is 23.0 Å². The van der Waals surface area contributed by atoms with Crippen molar-refractivity contribution in [1.82, 2.24) is 24.6 Å². The molecule has 1 aliphatic rings. The maximum Gasteiger partial charge on any atom is 0.263 e. The number of nitrogens with one attached hydrogen (secondary N) is 1. The molecule has 1 aromatic carbocycles. The second kappa shape index (κ2) is 6.33. The Bertz CT molecular complexity index is 932. The largest absolute Gasteiger partial charge is 0.341 e. The summed E-state index contributed by atoms with van der Waals surface area (Å²) in [4.78, 5) is 24.6. The van der Waals surface area contributed by atoms with E-state index >= 15 is 0 Å². The van der Waals surface area contributed by atoms with E-state index in [0.717, 1.165) is 31.7 Å². The number of para-hydroxylation sites is 1. The zero-order valence-electron chi connectivity index (χ0n) is 14.5. The van der Waals surface area contributed by atoms with E-state index in [-0.39, 0.29) is 5.56 Å². The summed E-state index contributed by atoms with van der Waals surface area (Å²) in [5.74, 6) is 0.627. The number of hydrogen-bond donors (Lipinski definition) is 1. The van der Waals surface area contributed by atoms with Gasteiger partial charge in [0.2, 0.25) is 5.95 Å². The van der Waals surface area contributed by atoms with Crippen molar-refractivity contribution in [2.24, 2.45) is 0 Å². The minimum Gasteiger partial charge on any atom is -0.341 e. The molecule has 4 rings (SSSR count). The van der Waals surface area contributed by atoms with Crippen LogP contribution in [0, 0.1) is 0 Å². The van der Waals surface area contributed by atoms with Crippen LogP contribution in [0.15, 0.2) is 41.3 Å². The Labute approximate surface area is 145 Å². The fourth-order valence-corrected chi connectivity index (χ4v) is 3.37. The van der Waals surface area contributed by atoms with Gasteiger partial charge in [-0.3, -0.25) is 9.78 Å². The summed E-state index contributed by atoms with van der Waals surface area (Å²) in [6.07, 6.45) is 2.65. The fourth-order valence-electron chi connectivity index (χ4n) is 3.37. The highest BCUT2D eigenvalue weighted by molar-refractivity contribution is 5.76. The highest BCUT2D eigenvalue weighted by Crippen LogP contribution is 2.21. The van der Waals surface area contributed by atoms with E-state index in [2.05, 4.69) is 33.9 Å². The summed E-state index contributed by atoms with van der Waals surface area (Å²) >= 11 is 0. The molecular formula is C18H22N6O.